The second-order valence-electron chi connectivity index (χ2n) is 7.60. The molecule has 1 aliphatic rings. The van der Waals surface area contributed by atoms with Crippen LogP contribution >= 0.6 is 0 Å². The Hall–Kier alpha value is -3.12. The van der Waals surface area contributed by atoms with Crippen molar-refractivity contribution in [3.63, 3.8) is 0 Å². The van der Waals surface area contributed by atoms with Crippen LogP contribution in [0.15, 0.2) is 54.7 Å². The maximum Gasteiger partial charge on any atom is 0.229 e. The molecule has 1 aliphatic heterocycles. The Morgan fingerprint density at radius 1 is 0.862 bits per heavy atom. The third-order valence-electron chi connectivity index (χ3n) is 5.51. The molecule has 0 atom stereocenters. The van der Waals surface area contributed by atoms with Crippen LogP contribution in [0.25, 0.3) is 0 Å². The van der Waals surface area contributed by atoms with Crippen molar-refractivity contribution < 1.29 is 0 Å². The number of nitrogens with zero attached hydrogens (tertiary/aromatic N) is 4. The van der Waals surface area contributed by atoms with Gasteiger partial charge in [-0.15, -0.1) is 0 Å². The van der Waals surface area contributed by atoms with Crippen molar-refractivity contribution in [2.75, 3.05) is 48.8 Å². The summed E-state index contributed by atoms with van der Waals surface area (Å²) >= 11 is 0. The van der Waals surface area contributed by atoms with Crippen LogP contribution in [0.4, 0.5) is 28.8 Å². The molecule has 0 saturated carbocycles. The smallest absolute Gasteiger partial charge is 0.229 e. The quantitative estimate of drug-likeness (QED) is 0.678. The average molecular weight is 389 g/mol. The van der Waals surface area contributed by atoms with E-state index >= 15 is 0 Å². The van der Waals surface area contributed by atoms with Gasteiger partial charge in [-0.25, -0.2) is 4.98 Å². The first kappa shape index (κ1) is 19.2. The van der Waals surface area contributed by atoms with Gasteiger partial charge in [0.15, 0.2) is 0 Å². The number of hydrogen-bond donors (Lipinski definition) is 2. The first-order chi connectivity index (χ1) is 14.1. The lowest BCUT2D eigenvalue weighted by molar-refractivity contribution is 0.313. The van der Waals surface area contributed by atoms with Gasteiger partial charge in [-0.3, -0.25) is 0 Å². The summed E-state index contributed by atoms with van der Waals surface area (Å²) in [5, 5.41) is 6.70. The van der Waals surface area contributed by atoms with Gasteiger partial charge in [0.2, 0.25) is 5.95 Å². The summed E-state index contributed by atoms with van der Waals surface area (Å²) in [5.41, 5.74) is 5.77. The van der Waals surface area contributed by atoms with E-state index in [1.54, 1.807) is 6.20 Å². The molecule has 0 bridgehead atoms. The predicted octanol–water partition coefficient (Wildman–Crippen LogP) is 4.33. The first-order valence-electron chi connectivity index (χ1n) is 10.1. The molecule has 0 aliphatic carbocycles. The van der Waals surface area contributed by atoms with Crippen LogP contribution < -0.4 is 15.5 Å². The highest BCUT2D eigenvalue weighted by molar-refractivity contribution is 5.64. The Morgan fingerprint density at radius 3 is 2.38 bits per heavy atom. The Bertz CT molecular complexity index is 961. The van der Waals surface area contributed by atoms with Gasteiger partial charge in [0.05, 0.1) is 0 Å². The van der Waals surface area contributed by atoms with Crippen LogP contribution in [0, 0.1) is 13.8 Å². The molecular formula is C23H28N6. The summed E-state index contributed by atoms with van der Waals surface area (Å²) in [6.07, 6.45) is 1.77. The highest BCUT2D eigenvalue weighted by Gasteiger charge is 2.14. The lowest BCUT2D eigenvalue weighted by atomic mass is 10.1. The maximum absolute atomic E-state index is 4.61. The van der Waals surface area contributed by atoms with Crippen LogP contribution in [0.5, 0.6) is 0 Å². The van der Waals surface area contributed by atoms with Crippen molar-refractivity contribution in [1.29, 1.82) is 0 Å². The molecule has 2 N–H and O–H groups in total. The van der Waals surface area contributed by atoms with E-state index in [1.807, 2.05) is 12.1 Å². The fraction of sp³-hybridized carbons (Fsp3) is 0.304. The van der Waals surface area contributed by atoms with E-state index in [2.05, 4.69) is 87.7 Å². The number of piperazine rings is 1. The van der Waals surface area contributed by atoms with E-state index in [0.717, 1.165) is 43.4 Å². The molecule has 1 fully saturated rings. The van der Waals surface area contributed by atoms with Gasteiger partial charge < -0.3 is 20.4 Å². The zero-order valence-electron chi connectivity index (χ0n) is 17.3. The van der Waals surface area contributed by atoms with Gasteiger partial charge in [-0.2, -0.15) is 4.98 Å². The zero-order valence-corrected chi connectivity index (χ0v) is 17.3. The second kappa shape index (κ2) is 8.49. The van der Waals surface area contributed by atoms with Gasteiger partial charge in [0.1, 0.15) is 5.82 Å². The summed E-state index contributed by atoms with van der Waals surface area (Å²) in [6.45, 7) is 8.57. The second-order valence-corrected chi connectivity index (χ2v) is 7.60. The van der Waals surface area contributed by atoms with E-state index in [1.165, 1.54) is 16.8 Å². The Morgan fingerprint density at radius 2 is 1.62 bits per heavy atom. The number of likely N-dealkylation sites (N-methyl/N-ethyl adjacent to an activating group) is 1. The summed E-state index contributed by atoms with van der Waals surface area (Å²) in [5.74, 6) is 1.35. The van der Waals surface area contributed by atoms with Gasteiger partial charge in [0.25, 0.3) is 0 Å². The summed E-state index contributed by atoms with van der Waals surface area (Å²) < 4.78 is 0. The Kier molecular flexibility index (Phi) is 5.62. The number of anilines is 5. The molecule has 2 aromatic carbocycles. The molecule has 150 valence electrons. The van der Waals surface area contributed by atoms with Crippen molar-refractivity contribution in [3.8, 4) is 0 Å². The molecule has 6 nitrogen and oxygen atoms in total. The summed E-state index contributed by atoms with van der Waals surface area (Å²) in [4.78, 5) is 13.8. The van der Waals surface area contributed by atoms with Gasteiger partial charge in [0, 0.05) is 49.4 Å². The number of benzene rings is 2. The number of hydrogen-bond acceptors (Lipinski definition) is 6. The summed E-state index contributed by atoms with van der Waals surface area (Å²) in [6, 6.07) is 16.6. The van der Waals surface area contributed by atoms with Gasteiger partial charge in [-0.05, 0) is 68.4 Å². The molecular weight excluding hydrogens is 360 g/mol. The molecule has 1 saturated heterocycles. The Balaban J connectivity index is 1.43. The normalized spacial score (nSPS) is 14.7. The largest absolute Gasteiger partial charge is 0.369 e. The molecule has 0 spiro atoms. The number of nitrogens with one attached hydrogen (secondary N) is 2. The van der Waals surface area contributed by atoms with E-state index in [0.29, 0.717) is 5.95 Å². The molecule has 0 radical (unpaired) electrons. The standard InChI is InChI=1S/C23H28N6/c1-17-5-4-6-21(18(17)2)26-22-11-12-24-23(27-22)25-19-7-9-20(10-8-19)29-15-13-28(3)14-16-29/h4-12H,13-16H2,1-3H3,(H2,24,25,26,27). The molecule has 0 unspecified atom stereocenters. The fourth-order valence-electron chi connectivity index (χ4n) is 3.46. The number of aromatic nitrogens is 2. The molecule has 6 heteroatoms. The first-order valence-corrected chi connectivity index (χ1v) is 10.1. The van der Waals surface area contributed by atoms with Crippen molar-refractivity contribution >= 4 is 28.8 Å². The van der Waals surface area contributed by atoms with Crippen LogP contribution in [0.2, 0.25) is 0 Å². The molecule has 3 aromatic rings. The number of aryl methyl sites for hydroxylation is 1. The third-order valence-corrected chi connectivity index (χ3v) is 5.51. The molecule has 29 heavy (non-hydrogen) atoms. The SMILES string of the molecule is Cc1cccc(Nc2ccnc(Nc3ccc(N4CCN(C)CC4)cc3)n2)c1C. The number of rotatable bonds is 5. The molecule has 4 rings (SSSR count). The van der Waals surface area contributed by atoms with Crippen LogP contribution in [-0.4, -0.2) is 48.1 Å². The highest BCUT2D eigenvalue weighted by atomic mass is 15.2. The zero-order chi connectivity index (χ0) is 20.2. The minimum absolute atomic E-state index is 0.577. The predicted molar refractivity (Wildman–Crippen MR) is 121 cm³/mol. The van der Waals surface area contributed by atoms with Crippen molar-refractivity contribution in [2.45, 2.75) is 13.8 Å². The van der Waals surface area contributed by atoms with Crippen molar-refractivity contribution in [1.82, 2.24) is 14.9 Å². The third kappa shape index (κ3) is 4.66. The molecule has 1 aromatic heterocycles. The van der Waals surface area contributed by atoms with Crippen LogP contribution in [0.3, 0.4) is 0 Å². The monoisotopic (exact) mass is 388 g/mol. The van der Waals surface area contributed by atoms with E-state index < -0.39 is 0 Å². The minimum atomic E-state index is 0.577. The maximum atomic E-state index is 4.61. The lowest BCUT2D eigenvalue weighted by Crippen LogP contribution is -2.44. The molecule has 0 amide bonds. The van der Waals surface area contributed by atoms with Crippen LogP contribution in [-0.2, 0) is 0 Å². The van der Waals surface area contributed by atoms with E-state index in [-0.39, 0.29) is 0 Å². The van der Waals surface area contributed by atoms with Gasteiger partial charge in [-0.1, -0.05) is 12.1 Å². The van der Waals surface area contributed by atoms with Crippen molar-refractivity contribution in [2.24, 2.45) is 0 Å². The minimum Gasteiger partial charge on any atom is -0.369 e. The Labute approximate surface area is 172 Å². The summed E-state index contributed by atoms with van der Waals surface area (Å²) in [7, 11) is 2.17. The lowest BCUT2D eigenvalue weighted by Gasteiger charge is -2.34. The van der Waals surface area contributed by atoms with Gasteiger partial charge >= 0.3 is 0 Å². The molecule has 2 heterocycles. The van der Waals surface area contributed by atoms with E-state index in [9.17, 15) is 0 Å². The average Bonchev–Trinajstić information content (AvgIpc) is 2.73. The van der Waals surface area contributed by atoms with Crippen LogP contribution in [0.1, 0.15) is 11.1 Å². The highest BCUT2D eigenvalue weighted by Crippen LogP contribution is 2.24. The van der Waals surface area contributed by atoms with Crippen molar-refractivity contribution in [3.05, 3.63) is 65.9 Å². The fourth-order valence-corrected chi connectivity index (χ4v) is 3.46. The van der Waals surface area contributed by atoms with E-state index in [4.69, 9.17) is 0 Å². The topological polar surface area (TPSA) is 56.3 Å².